The van der Waals surface area contributed by atoms with Gasteiger partial charge >= 0.3 is 0 Å². The third-order valence-corrected chi connectivity index (χ3v) is 4.98. The second kappa shape index (κ2) is 12.0. The molecule has 0 unspecified atom stereocenters. The first kappa shape index (κ1) is 24.2. The van der Waals surface area contributed by atoms with Gasteiger partial charge in [0.15, 0.2) is 11.6 Å². The number of imidazole rings is 1. The van der Waals surface area contributed by atoms with Crippen molar-refractivity contribution in [3.05, 3.63) is 49.4 Å². The van der Waals surface area contributed by atoms with Gasteiger partial charge in [0.1, 0.15) is 11.3 Å². The predicted octanol–water partition coefficient (Wildman–Crippen LogP) is 3.14. The fraction of sp³-hybridized carbons (Fsp3) is 0.304. The number of carbonyl (C=O) groups excluding carboxylic acids is 1. The number of terminal acetylenes is 1. The van der Waals surface area contributed by atoms with Crippen LogP contribution in [-0.4, -0.2) is 53.6 Å². The molecule has 0 aliphatic carbocycles. The van der Waals surface area contributed by atoms with Crippen LogP contribution in [0, 0.1) is 12.8 Å². The molecular formula is C23H28N10O. The molecule has 0 spiro atoms. The Morgan fingerprint density at radius 1 is 1.12 bits per heavy atom. The smallest absolute Gasteiger partial charge is 0.245 e. The number of aromatic nitrogens is 7. The van der Waals surface area contributed by atoms with Gasteiger partial charge in [-0.05, 0) is 38.8 Å². The van der Waals surface area contributed by atoms with E-state index in [0.29, 0.717) is 18.3 Å². The van der Waals surface area contributed by atoms with Crippen molar-refractivity contribution >= 4 is 35.3 Å². The molecule has 5 heterocycles. The molecule has 11 heteroatoms. The van der Waals surface area contributed by atoms with Gasteiger partial charge in [-0.3, -0.25) is 9.78 Å². The minimum Gasteiger partial charge on any atom is -0.340 e. The van der Waals surface area contributed by atoms with Crippen molar-refractivity contribution in [1.29, 1.82) is 0 Å². The number of hydrogen-bond donors (Lipinski definition) is 2. The summed E-state index contributed by atoms with van der Waals surface area (Å²) in [5.41, 5.74) is 0.951. The number of amides is 1. The summed E-state index contributed by atoms with van der Waals surface area (Å²) in [4.78, 5) is 28.7. The SMILES string of the molecule is C#C.CC(C)n1cnc(Nc2nc(N3CCCC3)nn3cccc23)c1.O=CNc1cnccn1. The summed E-state index contributed by atoms with van der Waals surface area (Å²) in [6.45, 7) is 6.31. The van der Waals surface area contributed by atoms with Crippen molar-refractivity contribution in [3.63, 3.8) is 0 Å². The van der Waals surface area contributed by atoms with Crippen LogP contribution < -0.4 is 15.5 Å². The van der Waals surface area contributed by atoms with E-state index < -0.39 is 0 Å². The Bertz CT molecular complexity index is 1190. The topological polar surface area (TPSA) is 118 Å². The second-order valence-corrected chi connectivity index (χ2v) is 7.57. The Kier molecular flexibility index (Phi) is 8.51. The zero-order valence-electron chi connectivity index (χ0n) is 19.2. The molecule has 0 saturated carbocycles. The van der Waals surface area contributed by atoms with Crippen molar-refractivity contribution in [2.24, 2.45) is 0 Å². The largest absolute Gasteiger partial charge is 0.340 e. The monoisotopic (exact) mass is 460 g/mol. The molecular weight excluding hydrogens is 432 g/mol. The van der Waals surface area contributed by atoms with E-state index in [1.54, 1.807) is 0 Å². The number of nitrogens with one attached hydrogen (secondary N) is 2. The molecule has 0 bridgehead atoms. The van der Waals surface area contributed by atoms with E-state index in [-0.39, 0.29) is 0 Å². The number of hydrogen-bond acceptors (Lipinski definition) is 8. The number of rotatable bonds is 6. The molecule has 176 valence electrons. The second-order valence-electron chi connectivity index (χ2n) is 7.57. The molecule has 1 fully saturated rings. The van der Waals surface area contributed by atoms with E-state index in [1.165, 1.54) is 31.4 Å². The van der Waals surface area contributed by atoms with E-state index in [4.69, 9.17) is 4.98 Å². The summed E-state index contributed by atoms with van der Waals surface area (Å²) in [6, 6.07) is 4.38. The molecule has 4 aromatic heterocycles. The highest BCUT2D eigenvalue weighted by atomic mass is 16.1. The summed E-state index contributed by atoms with van der Waals surface area (Å²) in [6.07, 6.45) is 21.3. The fourth-order valence-corrected chi connectivity index (χ4v) is 3.31. The van der Waals surface area contributed by atoms with E-state index in [1.807, 2.05) is 35.4 Å². The first-order valence-corrected chi connectivity index (χ1v) is 10.8. The lowest BCUT2D eigenvalue weighted by atomic mass is 10.4. The van der Waals surface area contributed by atoms with Gasteiger partial charge in [-0.1, -0.05) is 0 Å². The highest BCUT2D eigenvalue weighted by Gasteiger charge is 2.18. The maximum absolute atomic E-state index is 9.80. The summed E-state index contributed by atoms with van der Waals surface area (Å²) in [5, 5.41) is 10.3. The first-order valence-electron chi connectivity index (χ1n) is 10.8. The van der Waals surface area contributed by atoms with Crippen LogP contribution in [0.1, 0.15) is 32.7 Å². The maximum Gasteiger partial charge on any atom is 0.245 e. The van der Waals surface area contributed by atoms with Crippen LogP contribution in [0.4, 0.5) is 23.4 Å². The average molecular weight is 461 g/mol. The molecule has 0 radical (unpaired) electrons. The Balaban J connectivity index is 0.000000248. The van der Waals surface area contributed by atoms with E-state index in [2.05, 4.69) is 66.8 Å². The van der Waals surface area contributed by atoms with Crippen LogP contribution in [0.2, 0.25) is 0 Å². The number of anilines is 4. The van der Waals surface area contributed by atoms with Crippen molar-refractivity contribution in [3.8, 4) is 12.8 Å². The van der Waals surface area contributed by atoms with Crippen molar-refractivity contribution in [1.82, 2.24) is 34.1 Å². The predicted molar refractivity (Wildman–Crippen MR) is 132 cm³/mol. The van der Waals surface area contributed by atoms with E-state index in [0.717, 1.165) is 36.2 Å². The van der Waals surface area contributed by atoms with Gasteiger partial charge in [-0.15, -0.1) is 17.9 Å². The zero-order chi connectivity index (χ0) is 24.3. The molecule has 1 aliphatic rings. The lowest BCUT2D eigenvalue weighted by Gasteiger charge is -2.16. The zero-order valence-corrected chi connectivity index (χ0v) is 19.2. The molecule has 1 saturated heterocycles. The maximum atomic E-state index is 9.80. The van der Waals surface area contributed by atoms with E-state index in [9.17, 15) is 4.79 Å². The molecule has 5 rings (SSSR count). The lowest BCUT2D eigenvalue weighted by molar-refractivity contribution is -0.105. The van der Waals surface area contributed by atoms with Crippen molar-refractivity contribution < 1.29 is 4.79 Å². The summed E-state index contributed by atoms with van der Waals surface area (Å²) in [7, 11) is 0. The number of fused-ring (bicyclic) bond motifs is 1. The summed E-state index contributed by atoms with van der Waals surface area (Å²) >= 11 is 0. The van der Waals surface area contributed by atoms with Gasteiger partial charge in [0.05, 0.1) is 12.5 Å². The van der Waals surface area contributed by atoms with Crippen LogP contribution in [0.15, 0.2) is 49.4 Å². The van der Waals surface area contributed by atoms with E-state index >= 15 is 0 Å². The molecule has 4 aromatic rings. The molecule has 1 aliphatic heterocycles. The molecule has 11 nitrogen and oxygen atoms in total. The Morgan fingerprint density at radius 2 is 1.91 bits per heavy atom. The lowest BCUT2D eigenvalue weighted by Crippen LogP contribution is -2.22. The number of carbonyl (C=O) groups is 1. The minimum absolute atomic E-state index is 0.386. The van der Waals surface area contributed by atoms with Crippen LogP contribution in [0.5, 0.6) is 0 Å². The van der Waals surface area contributed by atoms with Crippen LogP contribution in [0.25, 0.3) is 5.52 Å². The van der Waals surface area contributed by atoms with Gasteiger partial charge in [0.2, 0.25) is 12.4 Å². The van der Waals surface area contributed by atoms with Gasteiger partial charge in [-0.25, -0.2) is 14.5 Å². The van der Waals surface area contributed by atoms with Crippen LogP contribution in [-0.2, 0) is 4.79 Å². The molecule has 0 aromatic carbocycles. The summed E-state index contributed by atoms with van der Waals surface area (Å²) < 4.78 is 3.95. The standard InChI is InChI=1S/C16H21N7.C5H5N3O.C2H2/c1-12(2)22-10-14(17-11-22)18-15-13-6-5-9-23(13)20-16(19-15)21-7-3-4-8-21;9-4-8-5-3-6-1-2-7-5;1-2/h5-6,9-12H,3-4,7-8H2,1-2H3,(H,18,19,20);1-4H,(H,7,8,9);1-2H. The van der Waals surface area contributed by atoms with Crippen LogP contribution in [0.3, 0.4) is 0 Å². The Hall–Kier alpha value is -4.46. The number of nitrogens with zero attached hydrogens (tertiary/aromatic N) is 8. The molecule has 1 amide bonds. The summed E-state index contributed by atoms with van der Waals surface area (Å²) in [5.74, 6) is 2.83. The third-order valence-electron chi connectivity index (χ3n) is 4.98. The van der Waals surface area contributed by atoms with Crippen molar-refractivity contribution in [2.45, 2.75) is 32.7 Å². The van der Waals surface area contributed by atoms with Crippen molar-refractivity contribution in [2.75, 3.05) is 28.6 Å². The van der Waals surface area contributed by atoms with Gasteiger partial charge in [-0.2, -0.15) is 4.98 Å². The molecule has 0 atom stereocenters. The molecule has 2 N–H and O–H groups in total. The Labute approximate surface area is 198 Å². The first-order chi connectivity index (χ1) is 16.6. The van der Waals surface area contributed by atoms with Gasteiger partial charge in [0.25, 0.3) is 0 Å². The fourth-order valence-electron chi connectivity index (χ4n) is 3.31. The Morgan fingerprint density at radius 3 is 2.56 bits per heavy atom. The third kappa shape index (κ3) is 6.07. The quantitative estimate of drug-likeness (QED) is 0.333. The molecule has 34 heavy (non-hydrogen) atoms. The van der Waals surface area contributed by atoms with Gasteiger partial charge < -0.3 is 20.1 Å². The van der Waals surface area contributed by atoms with Gasteiger partial charge in [0, 0.05) is 43.9 Å². The highest BCUT2D eigenvalue weighted by molar-refractivity contribution is 5.73. The minimum atomic E-state index is 0.386. The highest BCUT2D eigenvalue weighted by Crippen LogP contribution is 2.24. The normalized spacial score (nSPS) is 12.4. The average Bonchev–Trinajstić information content (AvgIpc) is 3.63. The van der Waals surface area contributed by atoms with Crippen LogP contribution >= 0.6 is 0 Å².